The van der Waals surface area contributed by atoms with Crippen molar-refractivity contribution >= 4 is 29.0 Å². The monoisotopic (exact) mass is 381 g/mol. The van der Waals surface area contributed by atoms with Gasteiger partial charge >= 0.3 is 0 Å². The van der Waals surface area contributed by atoms with Gasteiger partial charge in [0.15, 0.2) is 0 Å². The Hall–Kier alpha value is -2.14. The van der Waals surface area contributed by atoms with E-state index in [1.165, 1.54) is 16.3 Å². The second-order valence-corrected chi connectivity index (χ2v) is 8.54. The molecule has 27 heavy (non-hydrogen) atoms. The molecule has 2 heterocycles. The van der Waals surface area contributed by atoms with E-state index in [0.717, 1.165) is 39.1 Å². The smallest absolute Gasteiger partial charge is 0.242 e. The fraction of sp³-hybridized carbons (Fsp3) is 0.409. The second kappa shape index (κ2) is 8.26. The Labute approximate surface area is 166 Å². The highest BCUT2D eigenvalue weighted by molar-refractivity contribution is 8.00. The minimum atomic E-state index is 0.249. The van der Waals surface area contributed by atoms with E-state index in [2.05, 4.69) is 65.3 Å². The summed E-state index contributed by atoms with van der Waals surface area (Å²) in [7, 11) is 0. The minimum absolute atomic E-state index is 0.249. The van der Waals surface area contributed by atoms with Gasteiger partial charge in [-0.1, -0.05) is 37.3 Å². The summed E-state index contributed by atoms with van der Waals surface area (Å²) >= 11 is 1.95. The Morgan fingerprint density at radius 1 is 1.00 bits per heavy atom. The highest BCUT2D eigenvalue weighted by atomic mass is 32.2. The predicted octanol–water partition coefficient (Wildman–Crippen LogP) is 3.73. The predicted molar refractivity (Wildman–Crippen MR) is 114 cm³/mol. The molecular weight excluding hydrogens is 354 g/mol. The molecule has 0 unspecified atom stereocenters. The van der Waals surface area contributed by atoms with Gasteiger partial charge in [0.1, 0.15) is 0 Å². The topological polar surface area (TPSA) is 26.8 Å². The lowest BCUT2D eigenvalue weighted by atomic mass is 10.2. The standard InChI is InChI=1S/C22H27N3OS/c1-2-19-16-25(20-10-6-7-11-21(20)27-19)17-22(26)24-14-12-23(13-15-24)18-8-4-3-5-9-18/h3-11,19H,2,12-17H2,1H3/t19-/m0/s1. The SMILES string of the molecule is CC[C@H]1CN(CC(=O)N2CCN(c3ccccc3)CC2)c2ccccc2S1. The molecule has 2 aliphatic rings. The molecule has 1 atom stereocenters. The van der Waals surface area contributed by atoms with Gasteiger partial charge in [-0.25, -0.2) is 0 Å². The van der Waals surface area contributed by atoms with Crippen LogP contribution in [-0.4, -0.2) is 55.3 Å². The van der Waals surface area contributed by atoms with Crippen LogP contribution in [0.15, 0.2) is 59.5 Å². The van der Waals surface area contributed by atoms with Crippen molar-refractivity contribution in [3.8, 4) is 0 Å². The van der Waals surface area contributed by atoms with E-state index in [4.69, 9.17) is 0 Å². The van der Waals surface area contributed by atoms with Gasteiger partial charge in [-0.15, -0.1) is 11.8 Å². The third kappa shape index (κ3) is 4.08. The molecule has 0 N–H and O–H groups in total. The van der Waals surface area contributed by atoms with Crippen LogP contribution >= 0.6 is 11.8 Å². The molecule has 1 saturated heterocycles. The number of piperazine rings is 1. The molecule has 142 valence electrons. The quantitative estimate of drug-likeness (QED) is 0.806. The van der Waals surface area contributed by atoms with Gasteiger partial charge in [0.2, 0.25) is 5.91 Å². The van der Waals surface area contributed by atoms with Gasteiger partial charge in [-0.3, -0.25) is 4.79 Å². The van der Waals surface area contributed by atoms with E-state index in [0.29, 0.717) is 11.8 Å². The van der Waals surface area contributed by atoms with E-state index in [1.54, 1.807) is 0 Å². The molecule has 2 aromatic carbocycles. The summed E-state index contributed by atoms with van der Waals surface area (Å²) in [6.07, 6.45) is 1.12. The zero-order valence-electron chi connectivity index (χ0n) is 15.9. The molecular formula is C22H27N3OS. The van der Waals surface area contributed by atoms with Gasteiger partial charge in [0.05, 0.1) is 12.2 Å². The van der Waals surface area contributed by atoms with Crippen LogP contribution in [0.25, 0.3) is 0 Å². The van der Waals surface area contributed by atoms with E-state index < -0.39 is 0 Å². The average Bonchev–Trinajstić information content (AvgIpc) is 2.74. The lowest BCUT2D eigenvalue weighted by Crippen LogP contribution is -2.52. The molecule has 1 fully saturated rings. The maximum atomic E-state index is 13.0. The average molecular weight is 382 g/mol. The van der Waals surface area contributed by atoms with E-state index in [1.807, 2.05) is 22.7 Å². The minimum Gasteiger partial charge on any atom is -0.368 e. The van der Waals surface area contributed by atoms with Gasteiger partial charge in [0.25, 0.3) is 0 Å². The number of nitrogens with zero attached hydrogens (tertiary/aromatic N) is 3. The number of amides is 1. The van der Waals surface area contributed by atoms with Crippen LogP contribution in [0.2, 0.25) is 0 Å². The van der Waals surface area contributed by atoms with Crippen molar-refractivity contribution in [2.24, 2.45) is 0 Å². The molecule has 0 saturated carbocycles. The number of para-hydroxylation sites is 2. The van der Waals surface area contributed by atoms with Gasteiger partial charge in [0, 0.05) is 48.6 Å². The number of anilines is 2. The first-order valence-electron chi connectivity index (χ1n) is 9.83. The van der Waals surface area contributed by atoms with Crippen molar-refractivity contribution in [3.63, 3.8) is 0 Å². The van der Waals surface area contributed by atoms with Crippen LogP contribution in [0.3, 0.4) is 0 Å². The van der Waals surface area contributed by atoms with Crippen molar-refractivity contribution in [2.45, 2.75) is 23.5 Å². The number of fused-ring (bicyclic) bond motifs is 1. The molecule has 0 aliphatic carbocycles. The zero-order chi connectivity index (χ0) is 18.6. The Morgan fingerprint density at radius 3 is 2.44 bits per heavy atom. The largest absolute Gasteiger partial charge is 0.368 e. The van der Waals surface area contributed by atoms with E-state index in [9.17, 15) is 4.79 Å². The fourth-order valence-corrected chi connectivity index (χ4v) is 5.11. The number of benzene rings is 2. The summed E-state index contributed by atoms with van der Waals surface area (Å²) in [4.78, 5) is 21.0. The highest BCUT2D eigenvalue weighted by Gasteiger charge is 2.28. The number of carbonyl (C=O) groups excluding carboxylic acids is 1. The molecule has 1 amide bonds. The first-order valence-corrected chi connectivity index (χ1v) is 10.7. The van der Waals surface area contributed by atoms with Crippen LogP contribution in [0, 0.1) is 0 Å². The third-order valence-corrected chi connectivity index (χ3v) is 6.87. The first-order chi connectivity index (χ1) is 13.2. The fourth-order valence-electron chi connectivity index (χ4n) is 3.86. The lowest BCUT2D eigenvalue weighted by Gasteiger charge is -2.39. The second-order valence-electron chi connectivity index (χ2n) is 7.20. The molecule has 0 spiro atoms. The van der Waals surface area contributed by atoms with Crippen LogP contribution in [0.4, 0.5) is 11.4 Å². The number of rotatable bonds is 4. The number of hydrogen-bond donors (Lipinski definition) is 0. The zero-order valence-corrected chi connectivity index (χ0v) is 16.7. The molecule has 4 rings (SSSR count). The Kier molecular flexibility index (Phi) is 5.58. The molecule has 2 aliphatic heterocycles. The summed E-state index contributed by atoms with van der Waals surface area (Å²) in [5.41, 5.74) is 2.46. The molecule has 0 radical (unpaired) electrons. The summed E-state index contributed by atoms with van der Waals surface area (Å²) in [5.74, 6) is 0.249. The molecule has 5 heteroatoms. The van der Waals surface area contributed by atoms with Crippen molar-refractivity contribution in [3.05, 3.63) is 54.6 Å². The number of carbonyl (C=O) groups is 1. The van der Waals surface area contributed by atoms with Crippen molar-refractivity contribution < 1.29 is 4.79 Å². The normalized spacial score (nSPS) is 19.7. The van der Waals surface area contributed by atoms with Crippen molar-refractivity contribution in [1.29, 1.82) is 0 Å². The summed E-state index contributed by atoms with van der Waals surface area (Å²) in [6.45, 7) is 7.08. The Bertz CT molecular complexity index is 774. The Balaban J connectivity index is 1.38. The van der Waals surface area contributed by atoms with Crippen LogP contribution in [0.5, 0.6) is 0 Å². The van der Waals surface area contributed by atoms with Crippen molar-refractivity contribution in [1.82, 2.24) is 4.90 Å². The number of hydrogen-bond acceptors (Lipinski definition) is 4. The molecule has 4 nitrogen and oxygen atoms in total. The maximum Gasteiger partial charge on any atom is 0.242 e. The first kappa shape index (κ1) is 18.2. The summed E-state index contributed by atoms with van der Waals surface area (Å²) < 4.78 is 0. The maximum absolute atomic E-state index is 13.0. The molecule has 0 aromatic heterocycles. The van der Waals surface area contributed by atoms with Gasteiger partial charge in [-0.2, -0.15) is 0 Å². The summed E-state index contributed by atoms with van der Waals surface area (Å²) in [6, 6.07) is 19.0. The molecule has 0 bridgehead atoms. The van der Waals surface area contributed by atoms with Crippen LogP contribution in [-0.2, 0) is 4.79 Å². The molecule has 2 aromatic rings. The van der Waals surface area contributed by atoms with Crippen LogP contribution in [0.1, 0.15) is 13.3 Å². The third-order valence-electron chi connectivity index (χ3n) is 5.46. The van der Waals surface area contributed by atoms with E-state index in [-0.39, 0.29) is 5.91 Å². The lowest BCUT2D eigenvalue weighted by molar-refractivity contribution is -0.130. The summed E-state index contributed by atoms with van der Waals surface area (Å²) in [5, 5.41) is 0.558. The number of thioether (sulfide) groups is 1. The van der Waals surface area contributed by atoms with E-state index >= 15 is 0 Å². The van der Waals surface area contributed by atoms with Gasteiger partial charge < -0.3 is 14.7 Å². The van der Waals surface area contributed by atoms with Crippen LogP contribution < -0.4 is 9.80 Å². The highest BCUT2D eigenvalue weighted by Crippen LogP contribution is 2.39. The Morgan fingerprint density at radius 2 is 1.70 bits per heavy atom. The van der Waals surface area contributed by atoms with Crippen molar-refractivity contribution in [2.75, 3.05) is 49.1 Å². The van der Waals surface area contributed by atoms with Gasteiger partial charge in [-0.05, 0) is 30.7 Å².